The lowest BCUT2D eigenvalue weighted by Gasteiger charge is -2.19. The summed E-state index contributed by atoms with van der Waals surface area (Å²) in [5.41, 5.74) is 8.23. The molecule has 0 saturated carbocycles. The zero-order chi connectivity index (χ0) is 15.1. The number of nitrogens with two attached hydrogens (primary N) is 1. The lowest BCUT2D eigenvalue weighted by atomic mass is 9.99. The molecular weight excluding hydrogens is 260 g/mol. The number of hydrogen-bond donors (Lipinski definition) is 2. The van der Waals surface area contributed by atoms with Crippen LogP contribution in [0, 0.1) is 0 Å². The highest BCUT2D eigenvalue weighted by atomic mass is 16.5. The summed E-state index contributed by atoms with van der Waals surface area (Å²) in [4.78, 5) is 0. The Bertz CT molecular complexity index is 589. The van der Waals surface area contributed by atoms with Crippen LogP contribution >= 0.6 is 0 Å². The lowest BCUT2D eigenvalue weighted by molar-refractivity contribution is 0.155. The van der Waals surface area contributed by atoms with Gasteiger partial charge in [-0.25, -0.2) is 0 Å². The maximum atomic E-state index is 5.94. The lowest BCUT2D eigenvalue weighted by Crippen LogP contribution is -2.31. The molecule has 2 rings (SSSR count). The first-order chi connectivity index (χ1) is 10.2. The van der Waals surface area contributed by atoms with Crippen LogP contribution in [0.25, 0.3) is 10.8 Å². The van der Waals surface area contributed by atoms with E-state index >= 15 is 0 Å². The van der Waals surface area contributed by atoms with Crippen molar-refractivity contribution < 1.29 is 4.74 Å². The van der Waals surface area contributed by atoms with E-state index in [0.717, 1.165) is 12.1 Å². The standard InChI is InChI=1S/C18H24N2O/c1-14(2)13-21-11-10-20-18(12-19)17-9-5-7-15-6-3-4-8-16(15)17/h3-9,18,20H,1,10-13,19H2,2H3. The summed E-state index contributed by atoms with van der Waals surface area (Å²) in [6, 6.07) is 14.9. The van der Waals surface area contributed by atoms with Crippen LogP contribution in [0.4, 0.5) is 0 Å². The van der Waals surface area contributed by atoms with Gasteiger partial charge < -0.3 is 15.8 Å². The number of hydrogen-bond acceptors (Lipinski definition) is 3. The highest BCUT2D eigenvalue weighted by molar-refractivity contribution is 5.86. The molecule has 0 aromatic heterocycles. The van der Waals surface area contributed by atoms with Crippen LogP contribution in [-0.2, 0) is 4.74 Å². The van der Waals surface area contributed by atoms with Crippen LogP contribution in [-0.4, -0.2) is 26.3 Å². The van der Waals surface area contributed by atoms with Gasteiger partial charge in [0.25, 0.3) is 0 Å². The van der Waals surface area contributed by atoms with Crippen molar-refractivity contribution >= 4 is 10.8 Å². The fraction of sp³-hybridized carbons (Fsp3) is 0.333. The molecule has 3 nitrogen and oxygen atoms in total. The first kappa shape index (κ1) is 15.7. The van der Waals surface area contributed by atoms with Crippen molar-refractivity contribution in [2.75, 3.05) is 26.3 Å². The third-order valence-corrected chi connectivity index (χ3v) is 3.42. The van der Waals surface area contributed by atoms with Crippen molar-refractivity contribution in [1.29, 1.82) is 0 Å². The predicted octanol–water partition coefficient (Wildman–Crippen LogP) is 3.02. The molecule has 112 valence electrons. The largest absolute Gasteiger partial charge is 0.376 e. The molecule has 1 atom stereocenters. The van der Waals surface area contributed by atoms with Gasteiger partial charge in [-0.3, -0.25) is 0 Å². The van der Waals surface area contributed by atoms with Crippen LogP contribution in [0.2, 0.25) is 0 Å². The normalized spacial score (nSPS) is 12.5. The Balaban J connectivity index is 2.01. The molecule has 0 bridgehead atoms. The van der Waals surface area contributed by atoms with Gasteiger partial charge in [-0.1, -0.05) is 54.6 Å². The van der Waals surface area contributed by atoms with Crippen molar-refractivity contribution in [2.45, 2.75) is 13.0 Å². The molecule has 0 spiro atoms. The Morgan fingerprint density at radius 3 is 2.76 bits per heavy atom. The van der Waals surface area contributed by atoms with Crippen molar-refractivity contribution in [1.82, 2.24) is 5.32 Å². The number of rotatable bonds is 8. The first-order valence-electron chi connectivity index (χ1n) is 7.35. The second-order valence-corrected chi connectivity index (χ2v) is 5.32. The summed E-state index contributed by atoms with van der Waals surface area (Å²) in [5, 5.41) is 5.97. The molecule has 0 aliphatic rings. The molecule has 0 saturated heterocycles. The SMILES string of the molecule is C=C(C)COCCNC(CN)c1cccc2ccccc12. The Kier molecular flexibility index (Phi) is 5.93. The van der Waals surface area contributed by atoms with Crippen molar-refractivity contribution in [3.63, 3.8) is 0 Å². The molecule has 1 unspecified atom stereocenters. The van der Waals surface area contributed by atoms with Gasteiger partial charge in [0.1, 0.15) is 0 Å². The van der Waals surface area contributed by atoms with Crippen LogP contribution < -0.4 is 11.1 Å². The maximum Gasteiger partial charge on any atom is 0.0672 e. The molecule has 3 heteroatoms. The van der Waals surface area contributed by atoms with E-state index in [1.807, 2.05) is 6.92 Å². The molecular formula is C18H24N2O. The summed E-state index contributed by atoms with van der Waals surface area (Å²) in [6.07, 6.45) is 0. The van der Waals surface area contributed by atoms with Gasteiger partial charge in [0.15, 0.2) is 0 Å². The minimum atomic E-state index is 0.143. The molecule has 0 fully saturated rings. The van der Waals surface area contributed by atoms with Crippen molar-refractivity contribution in [3.8, 4) is 0 Å². The molecule has 2 aromatic carbocycles. The fourth-order valence-corrected chi connectivity index (χ4v) is 2.43. The molecule has 0 aliphatic carbocycles. The van der Waals surface area contributed by atoms with E-state index in [1.54, 1.807) is 0 Å². The molecule has 2 aromatic rings. The van der Waals surface area contributed by atoms with Crippen LogP contribution in [0.3, 0.4) is 0 Å². The molecule has 0 radical (unpaired) electrons. The smallest absolute Gasteiger partial charge is 0.0672 e. The summed E-state index contributed by atoms with van der Waals surface area (Å²) >= 11 is 0. The molecule has 0 aliphatic heterocycles. The second-order valence-electron chi connectivity index (χ2n) is 5.32. The van der Waals surface area contributed by atoms with E-state index in [0.29, 0.717) is 19.8 Å². The van der Waals surface area contributed by atoms with E-state index in [9.17, 15) is 0 Å². The van der Waals surface area contributed by atoms with Gasteiger partial charge in [-0.05, 0) is 23.3 Å². The molecule has 3 N–H and O–H groups in total. The molecule has 0 heterocycles. The van der Waals surface area contributed by atoms with Gasteiger partial charge in [-0.15, -0.1) is 0 Å². The summed E-state index contributed by atoms with van der Waals surface area (Å²) in [5.74, 6) is 0. The second kappa shape index (κ2) is 7.93. The number of benzene rings is 2. The summed E-state index contributed by atoms with van der Waals surface area (Å²) < 4.78 is 5.51. The fourth-order valence-electron chi connectivity index (χ4n) is 2.43. The van der Waals surface area contributed by atoms with Gasteiger partial charge in [0, 0.05) is 19.1 Å². The van der Waals surface area contributed by atoms with E-state index < -0.39 is 0 Å². The Morgan fingerprint density at radius 1 is 1.24 bits per heavy atom. The number of nitrogens with one attached hydrogen (secondary N) is 1. The van der Waals surface area contributed by atoms with Crippen molar-refractivity contribution in [3.05, 3.63) is 60.2 Å². The van der Waals surface area contributed by atoms with Gasteiger partial charge >= 0.3 is 0 Å². The third kappa shape index (κ3) is 4.39. The Labute approximate surface area is 126 Å². The molecule has 21 heavy (non-hydrogen) atoms. The van der Waals surface area contributed by atoms with E-state index in [2.05, 4.69) is 54.4 Å². The van der Waals surface area contributed by atoms with Gasteiger partial charge in [-0.2, -0.15) is 0 Å². The minimum Gasteiger partial charge on any atom is -0.376 e. The summed E-state index contributed by atoms with van der Waals surface area (Å²) in [7, 11) is 0. The van der Waals surface area contributed by atoms with Gasteiger partial charge in [0.05, 0.1) is 13.2 Å². The average molecular weight is 284 g/mol. The Morgan fingerprint density at radius 2 is 2.00 bits per heavy atom. The minimum absolute atomic E-state index is 0.143. The average Bonchev–Trinajstić information content (AvgIpc) is 2.50. The van der Waals surface area contributed by atoms with Crippen molar-refractivity contribution in [2.24, 2.45) is 5.73 Å². The third-order valence-electron chi connectivity index (χ3n) is 3.42. The number of ether oxygens (including phenoxy) is 1. The number of fused-ring (bicyclic) bond motifs is 1. The van der Waals surface area contributed by atoms with E-state index in [-0.39, 0.29) is 6.04 Å². The summed E-state index contributed by atoms with van der Waals surface area (Å²) in [6.45, 7) is 8.40. The maximum absolute atomic E-state index is 5.94. The predicted molar refractivity (Wildman–Crippen MR) is 89.4 cm³/mol. The van der Waals surface area contributed by atoms with E-state index in [1.165, 1.54) is 16.3 Å². The van der Waals surface area contributed by atoms with Gasteiger partial charge in [0.2, 0.25) is 0 Å². The quantitative estimate of drug-likeness (QED) is 0.578. The zero-order valence-corrected chi connectivity index (χ0v) is 12.6. The topological polar surface area (TPSA) is 47.3 Å². The highest BCUT2D eigenvalue weighted by Crippen LogP contribution is 2.23. The highest BCUT2D eigenvalue weighted by Gasteiger charge is 2.11. The monoisotopic (exact) mass is 284 g/mol. The molecule has 0 amide bonds. The first-order valence-corrected chi connectivity index (χ1v) is 7.35. The van der Waals surface area contributed by atoms with Crippen LogP contribution in [0.1, 0.15) is 18.5 Å². The zero-order valence-electron chi connectivity index (χ0n) is 12.6. The van der Waals surface area contributed by atoms with Crippen LogP contribution in [0.15, 0.2) is 54.6 Å². The van der Waals surface area contributed by atoms with Crippen LogP contribution in [0.5, 0.6) is 0 Å². The Hall–Kier alpha value is -1.68. The van der Waals surface area contributed by atoms with E-state index in [4.69, 9.17) is 10.5 Å².